The van der Waals surface area contributed by atoms with Gasteiger partial charge in [0.05, 0.1) is 6.67 Å². The minimum Gasteiger partial charge on any atom is -0.376 e. The molecule has 0 heterocycles. The van der Waals surface area contributed by atoms with Crippen molar-refractivity contribution in [2.75, 3.05) is 13.4 Å². The van der Waals surface area contributed by atoms with Crippen LogP contribution in [0.25, 0.3) is 0 Å². The molecule has 0 aliphatic heterocycles. The molecule has 0 saturated heterocycles. The topological polar surface area (TPSA) is 66.6 Å². The van der Waals surface area contributed by atoms with Crippen molar-refractivity contribution >= 4 is 5.91 Å². The summed E-state index contributed by atoms with van der Waals surface area (Å²) in [4.78, 5) is 11.6. The molecule has 9 heavy (non-hydrogen) atoms. The first-order valence-corrected chi connectivity index (χ1v) is 2.48. The summed E-state index contributed by atoms with van der Waals surface area (Å²) in [6.45, 7) is 2.87. The molecule has 4 nitrogen and oxygen atoms in total. The van der Waals surface area contributed by atoms with Gasteiger partial charge in [-0.3, -0.25) is 4.79 Å². The third-order valence-corrected chi connectivity index (χ3v) is 0.877. The quantitative estimate of drug-likeness (QED) is 0.375. The standard InChI is InChI=1S/C5H10N2O2/c1-2-5(9)7(3-6)4-8/h2,8H,1,3-4,6H2. The normalized spacial score (nSPS) is 8.67. The van der Waals surface area contributed by atoms with Crippen LogP contribution in [0, 0.1) is 0 Å². The highest BCUT2D eigenvalue weighted by molar-refractivity contribution is 5.86. The van der Waals surface area contributed by atoms with Crippen molar-refractivity contribution in [3.05, 3.63) is 12.7 Å². The predicted molar refractivity (Wildman–Crippen MR) is 33.2 cm³/mol. The number of aliphatic hydroxyl groups is 1. The van der Waals surface area contributed by atoms with Gasteiger partial charge in [0.1, 0.15) is 6.73 Å². The monoisotopic (exact) mass is 130 g/mol. The van der Waals surface area contributed by atoms with E-state index < -0.39 is 0 Å². The van der Waals surface area contributed by atoms with Crippen molar-refractivity contribution in [3.8, 4) is 0 Å². The maximum Gasteiger partial charge on any atom is 0.248 e. The summed E-state index contributed by atoms with van der Waals surface area (Å²) >= 11 is 0. The van der Waals surface area contributed by atoms with Gasteiger partial charge in [0.25, 0.3) is 0 Å². The van der Waals surface area contributed by atoms with E-state index in [0.29, 0.717) is 0 Å². The zero-order valence-electron chi connectivity index (χ0n) is 5.08. The number of nitrogens with zero attached hydrogens (tertiary/aromatic N) is 1. The molecule has 4 heteroatoms. The first-order valence-electron chi connectivity index (χ1n) is 2.48. The molecular formula is C5H10N2O2. The van der Waals surface area contributed by atoms with Crippen molar-refractivity contribution in [1.82, 2.24) is 4.90 Å². The largest absolute Gasteiger partial charge is 0.376 e. The summed E-state index contributed by atoms with van der Waals surface area (Å²) in [6.07, 6.45) is 1.10. The van der Waals surface area contributed by atoms with Crippen LogP contribution in [0.5, 0.6) is 0 Å². The second kappa shape index (κ2) is 4.05. The lowest BCUT2D eigenvalue weighted by Crippen LogP contribution is -2.35. The van der Waals surface area contributed by atoms with Crippen LogP contribution in [0.1, 0.15) is 0 Å². The Balaban J connectivity index is 3.78. The van der Waals surface area contributed by atoms with Gasteiger partial charge in [-0.05, 0) is 6.08 Å². The molecule has 0 aromatic carbocycles. The molecule has 0 atom stereocenters. The Labute approximate surface area is 53.6 Å². The Hall–Kier alpha value is -0.870. The van der Waals surface area contributed by atoms with E-state index in [-0.39, 0.29) is 19.3 Å². The fraction of sp³-hybridized carbons (Fsp3) is 0.400. The predicted octanol–water partition coefficient (Wildman–Crippen LogP) is -1.13. The molecule has 0 rings (SSSR count). The van der Waals surface area contributed by atoms with Gasteiger partial charge < -0.3 is 15.7 Å². The Bertz CT molecular complexity index is 110. The molecule has 1 amide bonds. The number of hydrogen-bond donors (Lipinski definition) is 2. The molecule has 0 aromatic rings. The van der Waals surface area contributed by atoms with Crippen LogP contribution < -0.4 is 5.73 Å². The number of carbonyl (C=O) groups is 1. The van der Waals surface area contributed by atoms with E-state index >= 15 is 0 Å². The van der Waals surface area contributed by atoms with E-state index in [2.05, 4.69) is 6.58 Å². The SMILES string of the molecule is C=CC(=O)N(CN)CO. The van der Waals surface area contributed by atoms with Crippen molar-refractivity contribution < 1.29 is 9.90 Å². The Kier molecular flexibility index (Phi) is 3.66. The molecule has 3 N–H and O–H groups in total. The Morgan fingerprint density at radius 2 is 2.44 bits per heavy atom. The van der Waals surface area contributed by atoms with Crippen LogP contribution in [-0.2, 0) is 4.79 Å². The number of carbonyl (C=O) groups excluding carboxylic acids is 1. The van der Waals surface area contributed by atoms with Gasteiger partial charge in [0.2, 0.25) is 5.91 Å². The smallest absolute Gasteiger partial charge is 0.248 e. The lowest BCUT2D eigenvalue weighted by Gasteiger charge is -2.13. The zero-order valence-corrected chi connectivity index (χ0v) is 5.08. The Morgan fingerprint density at radius 3 is 2.56 bits per heavy atom. The second-order valence-corrected chi connectivity index (χ2v) is 1.41. The van der Waals surface area contributed by atoms with E-state index in [1.165, 1.54) is 0 Å². The highest BCUT2D eigenvalue weighted by Gasteiger charge is 2.03. The zero-order chi connectivity index (χ0) is 7.28. The Morgan fingerprint density at radius 1 is 1.89 bits per heavy atom. The van der Waals surface area contributed by atoms with Gasteiger partial charge >= 0.3 is 0 Å². The van der Waals surface area contributed by atoms with Gasteiger partial charge in [-0.2, -0.15) is 0 Å². The summed E-state index contributed by atoms with van der Waals surface area (Å²) in [5.41, 5.74) is 5.06. The summed E-state index contributed by atoms with van der Waals surface area (Å²) in [5.74, 6) is -0.361. The van der Waals surface area contributed by atoms with Crippen LogP contribution in [0.4, 0.5) is 0 Å². The highest BCUT2D eigenvalue weighted by atomic mass is 16.3. The van der Waals surface area contributed by atoms with Crippen LogP contribution in [0.2, 0.25) is 0 Å². The van der Waals surface area contributed by atoms with Crippen LogP contribution in [0.15, 0.2) is 12.7 Å². The lowest BCUT2D eigenvalue weighted by atomic mass is 10.5. The molecule has 0 aliphatic rings. The number of amides is 1. The molecular weight excluding hydrogens is 120 g/mol. The first kappa shape index (κ1) is 8.13. The molecule has 0 radical (unpaired) electrons. The minimum absolute atomic E-state index is 0.0152. The average Bonchev–Trinajstić information content (AvgIpc) is 1.90. The second-order valence-electron chi connectivity index (χ2n) is 1.41. The number of aliphatic hydroxyl groups excluding tert-OH is 1. The van der Waals surface area contributed by atoms with E-state index in [1.54, 1.807) is 0 Å². The summed E-state index contributed by atoms with van der Waals surface area (Å²) in [6, 6.07) is 0. The van der Waals surface area contributed by atoms with Gasteiger partial charge in [-0.15, -0.1) is 0 Å². The fourth-order valence-electron chi connectivity index (χ4n) is 0.346. The summed E-state index contributed by atoms with van der Waals surface area (Å²) < 4.78 is 0. The molecule has 0 unspecified atom stereocenters. The van der Waals surface area contributed by atoms with Gasteiger partial charge in [-0.1, -0.05) is 6.58 Å². The van der Waals surface area contributed by atoms with Crippen molar-refractivity contribution in [2.24, 2.45) is 5.73 Å². The summed E-state index contributed by atoms with van der Waals surface area (Å²) in [7, 11) is 0. The van der Waals surface area contributed by atoms with E-state index in [0.717, 1.165) is 11.0 Å². The van der Waals surface area contributed by atoms with Gasteiger partial charge in [0.15, 0.2) is 0 Å². The third-order valence-electron chi connectivity index (χ3n) is 0.877. The lowest BCUT2D eigenvalue weighted by molar-refractivity contribution is -0.129. The van der Waals surface area contributed by atoms with E-state index in [1.807, 2.05) is 0 Å². The maximum atomic E-state index is 10.5. The number of nitrogens with two attached hydrogens (primary N) is 1. The number of rotatable bonds is 3. The third kappa shape index (κ3) is 2.25. The molecule has 0 spiro atoms. The molecule has 0 aliphatic carbocycles. The van der Waals surface area contributed by atoms with Crippen molar-refractivity contribution in [3.63, 3.8) is 0 Å². The molecule has 0 fully saturated rings. The molecule has 52 valence electrons. The average molecular weight is 130 g/mol. The molecule has 0 bridgehead atoms. The number of hydrogen-bond acceptors (Lipinski definition) is 3. The molecule has 0 aromatic heterocycles. The first-order chi connectivity index (χ1) is 4.26. The van der Waals surface area contributed by atoms with E-state index in [9.17, 15) is 4.79 Å². The van der Waals surface area contributed by atoms with Gasteiger partial charge in [0, 0.05) is 0 Å². The maximum absolute atomic E-state index is 10.5. The van der Waals surface area contributed by atoms with Crippen molar-refractivity contribution in [2.45, 2.75) is 0 Å². The van der Waals surface area contributed by atoms with Crippen LogP contribution >= 0.6 is 0 Å². The fourth-order valence-corrected chi connectivity index (χ4v) is 0.346. The van der Waals surface area contributed by atoms with Crippen LogP contribution in [0.3, 0.4) is 0 Å². The van der Waals surface area contributed by atoms with Gasteiger partial charge in [-0.25, -0.2) is 0 Å². The highest BCUT2D eigenvalue weighted by Crippen LogP contribution is 1.83. The minimum atomic E-state index is -0.361. The van der Waals surface area contributed by atoms with Crippen molar-refractivity contribution in [1.29, 1.82) is 0 Å². The van der Waals surface area contributed by atoms with Crippen LogP contribution in [-0.4, -0.2) is 29.3 Å². The van der Waals surface area contributed by atoms with E-state index in [4.69, 9.17) is 10.8 Å². The molecule has 0 saturated carbocycles. The summed E-state index contributed by atoms with van der Waals surface area (Å²) in [5, 5.41) is 8.40.